The van der Waals surface area contributed by atoms with Gasteiger partial charge in [-0.25, -0.2) is 0 Å². The van der Waals surface area contributed by atoms with Crippen LogP contribution in [-0.2, 0) is 16.6 Å². The molecule has 0 saturated heterocycles. The van der Waals surface area contributed by atoms with Crippen LogP contribution in [0.4, 0.5) is 10.1 Å². The molecule has 0 fully saturated rings. The average molecular weight is 260 g/mol. The Hall–Kier alpha value is -1.34. The van der Waals surface area contributed by atoms with Gasteiger partial charge in [0.1, 0.15) is 0 Å². The molecule has 0 radical (unpaired) electrons. The van der Waals surface area contributed by atoms with Crippen LogP contribution in [0.2, 0.25) is 0 Å². The minimum atomic E-state index is -1.20. The van der Waals surface area contributed by atoms with Crippen molar-refractivity contribution in [2.45, 2.75) is 17.9 Å². The Balaban J connectivity index is 2.84. The second-order valence-corrected chi connectivity index (χ2v) is 5.47. The van der Waals surface area contributed by atoms with E-state index in [-0.39, 0.29) is 17.5 Å². The highest BCUT2D eigenvalue weighted by Crippen LogP contribution is 2.19. The number of hydrogen-bond acceptors (Lipinski definition) is 4. The molecule has 2 unspecified atom stereocenters. The predicted octanol–water partition coefficient (Wildman–Crippen LogP) is 1.33. The van der Waals surface area contributed by atoms with Crippen molar-refractivity contribution in [2.24, 2.45) is 5.73 Å². The fraction of sp³-hybridized carbons (Fsp3) is 0.400. The van der Waals surface area contributed by atoms with E-state index >= 15 is 0 Å². The van der Waals surface area contributed by atoms with E-state index in [1.54, 1.807) is 6.92 Å². The molecule has 1 aromatic carbocycles. The Bertz CT molecular complexity index is 453. The maximum atomic E-state index is 13.3. The first-order valence-corrected chi connectivity index (χ1v) is 6.34. The number of halogens is 1. The Kier molecular flexibility index (Phi) is 4.71. The van der Waals surface area contributed by atoms with E-state index in [9.17, 15) is 18.7 Å². The summed E-state index contributed by atoms with van der Waals surface area (Å²) in [5.41, 5.74) is 5.25. The summed E-state index contributed by atoms with van der Waals surface area (Å²) >= 11 is 0. The van der Waals surface area contributed by atoms with E-state index in [1.807, 2.05) is 0 Å². The van der Waals surface area contributed by atoms with Gasteiger partial charge in [0.25, 0.3) is 0 Å². The van der Waals surface area contributed by atoms with Crippen molar-refractivity contribution < 1.29 is 13.5 Å². The third-order valence-electron chi connectivity index (χ3n) is 2.30. The smallest absolute Gasteiger partial charge is 0.304 e. The lowest BCUT2D eigenvalue weighted by atomic mass is 10.2. The van der Waals surface area contributed by atoms with Crippen molar-refractivity contribution in [3.8, 4) is 0 Å². The van der Waals surface area contributed by atoms with Crippen LogP contribution < -0.4 is 5.73 Å². The maximum Gasteiger partial charge on any atom is 0.304 e. The number of nitrogens with zero attached hydrogens (tertiary/aromatic N) is 1. The highest BCUT2D eigenvalue weighted by atomic mass is 32.2. The van der Waals surface area contributed by atoms with Gasteiger partial charge >= 0.3 is 5.69 Å². The summed E-state index contributed by atoms with van der Waals surface area (Å²) < 4.78 is 24.9. The first-order chi connectivity index (χ1) is 7.95. The third kappa shape index (κ3) is 3.57. The predicted molar refractivity (Wildman–Crippen MR) is 63.4 cm³/mol. The molecule has 17 heavy (non-hydrogen) atoms. The van der Waals surface area contributed by atoms with Crippen molar-refractivity contribution in [1.29, 1.82) is 0 Å². The van der Waals surface area contributed by atoms with Crippen molar-refractivity contribution in [2.75, 3.05) is 6.54 Å². The number of nitro groups is 1. The standard InChI is InChI=1S/C10H13FN2O3S/c1-7(5-12)17(16)6-8-2-3-10(13(14)15)9(11)4-8/h2-4,7H,5-6,12H2,1H3. The zero-order valence-electron chi connectivity index (χ0n) is 9.26. The molecular weight excluding hydrogens is 247 g/mol. The summed E-state index contributed by atoms with van der Waals surface area (Å²) in [7, 11) is -1.20. The molecule has 2 N–H and O–H groups in total. The van der Waals surface area contributed by atoms with E-state index in [1.165, 1.54) is 6.07 Å². The Morgan fingerprint density at radius 3 is 2.71 bits per heavy atom. The lowest BCUT2D eigenvalue weighted by Gasteiger charge is -2.08. The molecule has 0 bridgehead atoms. The minimum absolute atomic E-state index is 0.146. The van der Waals surface area contributed by atoms with E-state index in [0.717, 1.165) is 12.1 Å². The van der Waals surface area contributed by atoms with E-state index in [4.69, 9.17) is 5.73 Å². The summed E-state index contributed by atoms with van der Waals surface area (Å²) in [6, 6.07) is 3.52. The largest absolute Gasteiger partial charge is 0.329 e. The van der Waals surface area contributed by atoms with Crippen molar-refractivity contribution in [3.05, 3.63) is 39.7 Å². The fourth-order valence-corrected chi connectivity index (χ4v) is 2.21. The quantitative estimate of drug-likeness (QED) is 0.639. The first-order valence-electron chi connectivity index (χ1n) is 4.95. The lowest BCUT2D eigenvalue weighted by molar-refractivity contribution is -0.387. The van der Waals surface area contributed by atoms with E-state index in [2.05, 4.69) is 0 Å². The molecule has 0 spiro atoms. The van der Waals surface area contributed by atoms with Gasteiger partial charge in [0.05, 0.1) is 4.92 Å². The number of hydrogen-bond donors (Lipinski definition) is 1. The monoisotopic (exact) mass is 260 g/mol. The van der Waals surface area contributed by atoms with Gasteiger partial charge in [-0.15, -0.1) is 0 Å². The second kappa shape index (κ2) is 5.83. The highest BCUT2D eigenvalue weighted by molar-refractivity contribution is 7.84. The molecular formula is C10H13FN2O3S. The van der Waals surface area contributed by atoms with Crippen LogP contribution in [0.5, 0.6) is 0 Å². The van der Waals surface area contributed by atoms with Crippen LogP contribution in [0, 0.1) is 15.9 Å². The van der Waals surface area contributed by atoms with Gasteiger partial charge < -0.3 is 5.73 Å². The molecule has 1 rings (SSSR count). The molecule has 7 heteroatoms. The number of rotatable bonds is 5. The summed E-state index contributed by atoms with van der Waals surface area (Å²) in [5, 5.41) is 10.2. The van der Waals surface area contributed by atoms with Crippen molar-refractivity contribution >= 4 is 16.5 Å². The molecule has 0 heterocycles. The number of nitrogens with two attached hydrogens (primary N) is 1. The first kappa shape index (κ1) is 13.7. The average Bonchev–Trinajstić information content (AvgIpc) is 2.27. The third-order valence-corrected chi connectivity index (χ3v) is 4.01. The van der Waals surface area contributed by atoms with Crippen LogP contribution in [0.15, 0.2) is 18.2 Å². The van der Waals surface area contributed by atoms with E-state index in [0.29, 0.717) is 5.56 Å². The minimum Gasteiger partial charge on any atom is -0.329 e. The summed E-state index contributed by atoms with van der Waals surface area (Å²) in [6.07, 6.45) is 0. The molecule has 0 aliphatic carbocycles. The number of benzene rings is 1. The highest BCUT2D eigenvalue weighted by Gasteiger charge is 2.16. The molecule has 5 nitrogen and oxygen atoms in total. The summed E-state index contributed by atoms with van der Waals surface area (Å²) in [6.45, 7) is 2.01. The SMILES string of the molecule is CC(CN)S(=O)Cc1ccc([N+](=O)[O-])c(F)c1. The summed E-state index contributed by atoms with van der Waals surface area (Å²) in [4.78, 5) is 9.61. The van der Waals surface area contributed by atoms with Crippen molar-refractivity contribution in [1.82, 2.24) is 0 Å². The van der Waals surface area contributed by atoms with Gasteiger partial charge in [-0.1, -0.05) is 6.07 Å². The zero-order chi connectivity index (χ0) is 13.0. The van der Waals surface area contributed by atoms with Gasteiger partial charge in [0.15, 0.2) is 0 Å². The van der Waals surface area contributed by atoms with Gasteiger partial charge in [-0.3, -0.25) is 14.3 Å². The Labute approximate surface area is 100 Å². The maximum absolute atomic E-state index is 13.3. The topological polar surface area (TPSA) is 86.2 Å². The van der Waals surface area contributed by atoms with Gasteiger partial charge in [-0.05, 0) is 18.6 Å². The van der Waals surface area contributed by atoms with Gasteiger partial charge in [-0.2, -0.15) is 4.39 Å². The zero-order valence-corrected chi connectivity index (χ0v) is 10.1. The Morgan fingerprint density at radius 2 is 2.24 bits per heavy atom. The molecule has 0 saturated carbocycles. The molecule has 0 amide bonds. The molecule has 94 valence electrons. The van der Waals surface area contributed by atoms with Gasteiger partial charge in [0.2, 0.25) is 5.82 Å². The van der Waals surface area contributed by atoms with Crippen LogP contribution >= 0.6 is 0 Å². The molecule has 0 aliphatic rings. The summed E-state index contributed by atoms with van der Waals surface area (Å²) in [5.74, 6) is -0.766. The van der Waals surface area contributed by atoms with E-state index < -0.39 is 27.2 Å². The number of nitro benzene ring substituents is 1. The molecule has 1 aromatic rings. The molecule has 0 aromatic heterocycles. The van der Waals surface area contributed by atoms with Crippen LogP contribution in [0.1, 0.15) is 12.5 Å². The van der Waals surface area contributed by atoms with Crippen LogP contribution in [0.3, 0.4) is 0 Å². The van der Waals surface area contributed by atoms with Crippen LogP contribution in [-0.4, -0.2) is 20.9 Å². The lowest BCUT2D eigenvalue weighted by Crippen LogP contribution is -2.22. The Morgan fingerprint density at radius 1 is 1.59 bits per heavy atom. The van der Waals surface area contributed by atoms with Gasteiger partial charge in [0, 0.05) is 34.4 Å². The van der Waals surface area contributed by atoms with Crippen LogP contribution in [0.25, 0.3) is 0 Å². The normalized spacial score (nSPS) is 14.3. The molecule has 0 aliphatic heterocycles. The molecule has 2 atom stereocenters. The second-order valence-electron chi connectivity index (χ2n) is 3.61. The van der Waals surface area contributed by atoms with Crippen molar-refractivity contribution in [3.63, 3.8) is 0 Å². The fourth-order valence-electron chi connectivity index (χ4n) is 1.20.